The second-order valence-corrected chi connectivity index (χ2v) is 11.1. The molecule has 1 saturated heterocycles. The topological polar surface area (TPSA) is 126 Å². The smallest absolute Gasteiger partial charge is 0.288 e. The lowest BCUT2D eigenvalue weighted by molar-refractivity contribution is -0.140. The van der Waals surface area contributed by atoms with Crippen LogP contribution in [-0.2, 0) is 19.4 Å². The Labute approximate surface area is 225 Å². The Morgan fingerprint density at radius 1 is 1.00 bits per heavy atom. The number of aryl methyl sites for hydroxylation is 1. The fourth-order valence-corrected chi connectivity index (χ4v) is 5.50. The van der Waals surface area contributed by atoms with Crippen molar-refractivity contribution < 1.29 is 32.0 Å². The first kappa shape index (κ1) is 27.2. The summed E-state index contributed by atoms with van der Waals surface area (Å²) in [7, 11) is -4.35. The van der Waals surface area contributed by atoms with Gasteiger partial charge in [0, 0.05) is 31.2 Å². The van der Waals surface area contributed by atoms with Gasteiger partial charge in [0.05, 0.1) is 11.2 Å². The number of halogens is 1. The van der Waals surface area contributed by atoms with Crippen LogP contribution >= 0.6 is 11.6 Å². The van der Waals surface area contributed by atoms with Gasteiger partial charge in [-0.15, -0.1) is 0 Å². The van der Waals surface area contributed by atoms with Crippen molar-refractivity contribution in [1.29, 1.82) is 0 Å². The highest BCUT2D eigenvalue weighted by Crippen LogP contribution is 2.21. The van der Waals surface area contributed by atoms with E-state index < -0.39 is 27.0 Å². The molecule has 1 fully saturated rings. The molecular formula is C26H26ClN3O7S. The second-order valence-electron chi connectivity index (χ2n) is 8.64. The van der Waals surface area contributed by atoms with E-state index in [1.807, 2.05) is 25.1 Å². The molecule has 10 nitrogen and oxygen atoms in total. The van der Waals surface area contributed by atoms with Crippen molar-refractivity contribution in [1.82, 2.24) is 15.1 Å². The molecule has 1 N–H and O–H groups in total. The van der Waals surface area contributed by atoms with Crippen LogP contribution in [0, 0.1) is 6.92 Å². The monoisotopic (exact) mass is 559 g/mol. The molecule has 0 aliphatic carbocycles. The number of carbonyl (C=O) groups excluding carboxylic acids is 3. The summed E-state index contributed by atoms with van der Waals surface area (Å²) in [6.45, 7) is 2.28. The van der Waals surface area contributed by atoms with Gasteiger partial charge in [0.15, 0.2) is 12.4 Å². The minimum absolute atomic E-state index is 0.0816. The van der Waals surface area contributed by atoms with E-state index in [1.165, 1.54) is 47.6 Å². The zero-order valence-electron chi connectivity index (χ0n) is 20.5. The van der Waals surface area contributed by atoms with E-state index in [-0.39, 0.29) is 49.3 Å². The lowest BCUT2D eigenvalue weighted by atomic mass is 10.2. The van der Waals surface area contributed by atoms with E-state index in [1.54, 1.807) is 11.0 Å². The molecule has 3 aromatic rings. The Morgan fingerprint density at radius 3 is 2.32 bits per heavy atom. The molecule has 0 radical (unpaired) electrons. The fourth-order valence-electron chi connectivity index (χ4n) is 3.91. The third-order valence-electron chi connectivity index (χ3n) is 5.98. The number of nitrogens with one attached hydrogen (secondary N) is 1. The van der Waals surface area contributed by atoms with Crippen molar-refractivity contribution in [3.63, 3.8) is 0 Å². The highest BCUT2D eigenvalue weighted by Gasteiger charge is 2.40. The number of piperazine rings is 1. The molecule has 38 heavy (non-hydrogen) atoms. The van der Waals surface area contributed by atoms with Gasteiger partial charge in [-0.05, 0) is 61.0 Å². The molecule has 0 unspecified atom stereocenters. The van der Waals surface area contributed by atoms with E-state index in [2.05, 4.69) is 5.32 Å². The molecule has 12 heteroatoms. The number of ether oxygens (including phenoxy) is 1. The molecule has 1 aliphatic heterocycles. The van der Waals surface area contributed by atoms with Gasteiger partial charge in [-0.1, -0.05) is 23.7 Å². The molecule has 1 aliphatic rings. The van der Waals surface area contributed by atoms with Crippen LogP contribution < -0.4 is 10.1 Å². The van der Waals surface area contributed by atoms with Crippen LogP contribution in [0.25, 0.3) is 0 Å². The molecule has 200 valence electrons. The molecule has 3 amide bonds. The van der Waals surface area contributed by atoms with Crippen molar-refractivity contribution in [3.05, 3.63) is 83.3 Å². The largest absolute Gasteiger partial charge is 0.484 e. The third-order valence-corrected chi connectivity index (χ3v) is 8.10. The molecule has 1 atom stereocenters. The molecule has 0 saturated carbocycles. The molecule has 2 heterocycles. The quantitative estimate of drug-likeness (QED) is 0.449. The van der Waals surface area contributed by atoms with E-state index in [0.29, 0.717) is 10.8 Å². The summed E-state index contributed by atoms with van der Waals surface area (Å²) < 4.78 is 37.5. The van der Waals surface area contributed by atoms with Crippen LogP contribution in [0.15, 0.2) is 76.2 Å². The molecule has 0 spiro atoms. The van der Waals surface area contributed by atoms with Crippen molar-refractivity contribution in [2.75, 3.05) is 32.8 Å². The number of carbonyl (C=O) groups is 3. The third kappa shape index (κ3) is 6.35. The lowest BCUT2D eigenvalue weighted by Gasteiger charge is -2.36. The minimum atomic E-state index is -4.35. The first-order valence-corrected chi connectivity index (χ1v) is 13.7. The van der Waals surface area contributed by atoms with Crippen LogP contribution in [0.2, 0.25) is 5.02 Å². The van der Waals surface area contributed by atoms with Gasteiger partial charge in [-0.3, -0.25) is 14.4 Å². The maximum absolute atomic E-state index is 13.5. The average Bonchev–Trinajstić information content (AvgIpc) is 3.45. The Morgan fingerprint density at radius 2 is 1.68 bits per heavy atom. The summed E-state index contributed by atoms with van der Waals surface area (Å²) >= 11 is 5.89. The highest BCUT2D eigenvalue weighted by molar-refractivity contribution is 7.92. The summed E-state index contributed by atoms with van der Waals surface area (Å²) in [5.74, 6) is -1.49. The Hall–Kier alpha value is -3.83. The van der Waals surface area contributed by atoms with Crippen LogP contribution in [0.4, 0.5) is 0 Å². The Balaban J connectivity index is 1.44. The highest BCUT2D eigenvalue weighted by atomic mass is 35.5. The Bertz CT molecular complexity index is 1400. The maximum atomic E-state index is 13.5. The van der Waals surface area contributed by atoms with Gasteiger partial charge < -0.3 is 24.3 Å². The summed E-state index contributed by atoms with van der Waals surface area (Å²) in [6.07, 6.45) is 1.26. The number of benzene rings is 2. The van der Waals surface area contributed by atoms with Crippen molar-refractivity contribution in [3.8, 4) is 5.75 Å². The van der Waals surface area contributed by atoms with Crippen LogP contribution in [0.1, 0.15) is 16.1 Å². The Kier molecular flexibility index (Phi) is 8.38. The van der Waals surface area contributed by atoms with Gasteiger partial charge in [0.25, 0.3) is 17.7 Å². The van der Waals surface area contributed by atoms with Crippen molar-refractivity contribution in [2.24, 2.45) is 0 Å². The van der Waals surface area contributed by atoms with Crippen molar-refractivity contribution in [2.45, 2.75) is 17.2 Å². The lowest BCUT2D eigenvalue weighted by Crippen LogP contribution is -2.58. The van der Waals surface area contributed by atoms with Gasteiger partial charge >= 0.3 is 0 Å². The molecule has 2 aromatic carbocycles. The molecule has 1 aromatic heterocycles. The maximum Gasteiger partial charge on any atom is 0.288 e. The zero-order valence-corrected chi connectivity index (χ0v) is 22.1. The minimum Gasteiger partial charge on any atom is -0.484 e. The summed E-state index contributed by atoms with van der Waals surface area (Å²) in [5.41, 5.74) is 1.00. The van der Waals surface area contributed by atoms with E-state index >= 15 is 0 Å². The SMILES string of the molecule is Cc1cccc(OCC(=O)N2CCN(C(=O)[C@@H](NC(=O)c3ccco3)S(=O)(=O)c3ccc(Cl)cc3)CC2)c1. The zero-order chi connectivity index (χ0) is 27.3. The van der Waals surface area contributed by atoms with E-state index in [4.69, 9.17) is 20.8 Å². The van der Waals surface area contributed by atoms with Crippen LogP contribution in [-0.4, -0.2) is 74.1 Å². The first-order valence-electron chi connectivity index (χ1n) is 11.7. The first-order chi connectivity index (χ1) is 18.1. The molecule has 0 bridgehead atoms. The predicted octanol–water partition coefficient (Wildman–Crippen LogP) is 2.52. The van der Waals surface area contributed by atoms with Gasteiger partial charge in [-0.25, -0.2) is 8.42 Å². The number of hydrogen-bond acceptors (Lipinski definition) is 7. The van der Waals surface area contributed by atoms with Crippen LogP contribution in [0.3, 0.4) is 0 Å². The number of nitrogens with zero attached hydrogens (tertiary/aromatic N) is 2. The number of sulfone groups is 1. The molecule has 4 rings (SSSR count). The van der Waals surface area contributed by atoms with E-state index in [9.17, 15) is 22.8 Å². The number of furan rings is 1. The number of hydrogen-bond donors (Lipinski definition) is 1. The van der Waals surface area contributed by atoms with Gasteiger partial charge in [0.1, 0.15) is 5.75 Å². The second kappa shape index (κ2) is 11.7. The van der Waals surface area contributed by atoms with Gasteiger partial charge in [-0.2, -0.15) is 0 Å². The summed E-state index contributed by atoms with van der Waals surface area (Å²) in [6, 6.07) is 15.5. The fraction of sp³-hybridized carbons (Fsp3) is 0.269. The van der Waals surface area contributed by atoms with Crippen LogP contribution in [0.5, 0.6) is 5.75 Å². The van der Waals surface area contributed by atoms with Gasteiger partial charge in [0.2, 0.25) is 15.2 Å². The normalized spacial score (nSPS) is 14.6. The summed E-state index contributed by atoms with van der Waals surface area (Å²) in [5, 5.41) is 0.711. The summed E-state index contributed by atoms with van der Waals surface area (Å²) in [4.78, 5) is 41.4. The van der Waals surface area contributed by atoms with E-state index in [0.717, 1.165) is 5.56 Å². The predicted molar refractivity (Wildman–Crippen MR) is 138 cm³/mol. The molecular weight excluding hydrogens is 534 g/mol. The van der Waals surface area contributed by atoms with Crippen molar-refractivity contribution >= 4 is 39.2 Å². The number of rotatable bonds is 8. The average molecular weight is 560 g/mol. The number of amides is 3. The standard InChI is InChI=1S/C26H26ClN3O7S/c1-18-4-2-5-20(16-18)37-17-23(31)29-11-13-30(14-12-29)26(33)25(28-24(32)22-6-3-15-36-22)38(34,35)21-9-7-19(27)8-10-21/h2-10,15-16,25H,11-14,17H2,1H3,(H,28,32)/t25-/m0/s1.